The smallest absolute Gasteiger partial charge is 0.225 e. The lowest BCUT2D eigenvalue weighted by molar-refractivity contribution is -0.141. The highest BCUT2D eigenvalue weighted by Gasteiger charge is 2.35. The van der Waals surface area contributed by atoms with Crippen LogP contribution in [0.3, 0.4) is 0 Å². The molecule has 0 radical (unpaired) electrons. The normalized spacial score (nSPS) is 31.9. The van der Waals surface area contributed by atoms with Crippen LogP contribution >= 0.6 is 0 Å². The van der Waals surface area contributed by atoms with E-state index in [0.29, 0.717) is 19.0 Å². The van der Waals surface area contributed by atoms with Crippen molar-refractivity contribution in [1.29, 1.82) is 0 Å². The third-order valence-electron chi connectivity index (χ3n) is 4.95. The van der Waals surface area contributed by atoms with Gasteiger partial charge in [-0.15, -0.1) is 0 Å². The minimum atomic E-state index is 0.0706. The molecule has 1 saturated carbocycles. The Labute approximate surface area is 121 Å². The van der Waals surface area contributed by atoms with Crippen molar-refractivity contribution in [3.8, 4) is 0 Å². The van der Waals surface area contributed by atoms with E-state index in [1.165, 1.54) is 0 Å². The molecule has 3 N–H and O–H groups in total. The molecule has 0 bridgehead atoms. The fourth-order valence-electron chi connectivity index (χ4n) is 3.61. The molecule has 2 fully saturated rings. The van der Waals surface area contributed by atoms with Crippen molar-refractivity contribution in [2.24, 2.45) is 23.5 Å². The Morgan fingerprint density at radius 1 is 1.15 bits per heavy atom. The summed E-state index contributed by atoms with van der Waals surface area (Å²) in [5, 5.41) is 2.70. The van der Waals surface area contributed by atoms with Gasteiger partial charge in [0.15, 0.2) is 0 Å². The van der Waals surface area contributed by atoms with Gasteiger partial charge in [0.1, 0.15) is 0 Å². The van der Waals surface area contributed by atoms with Crippen LogP contribution in [0.15, 0.2) is 0 Å². The number of nitrogens with two attached hydrogens (primary N) is 1. The lowest BCUT2D eigenvalue weighted by atomic mass is 9.77. The van der Waals surface area contributed by atoms with E-state index < -0.39 is 0 Å². The van der Waals surface area contributed by atoms with Crippen molar-refractivity contribution in [2.45, 2.75) is 45.1 Å². The molecule has 2 rings (SSSR count). The highest BCUT2D eigenvalue weighted by molar-refractivity contribution is 5.81. The predicted molar refractivity (Wildman–Crippen MR) is 77.9 cm³/mol. The van der Waals surface area contributed by atoms with Gasteiger partial charge in [-0.1, -0.05) is 6.92 Å². The van der Waals surface area contributed by atoms with E-state index in [9.17, 15) is 9.59 Å². The van der Waals surface area contributed by atoms with E-state index in [0.717, 1.165) is 32.1 Å². The number of carbonyl (C=O) groups is 2. The number of carbonyl (C=O) groups excluding carboxylic acids is 2. The van der Waals surface area contributed by atoms with Crippen molar-refractivity contribution in [3.05, 3.63) is 0 Å². The quantitative estimate of drug-likeness (QED) is 0.783. The monoisotopic (exact) mass is 281 g/mol. The van der Waals surface area contributed by atoms with Crippen molar-refractivity contribution in [3.63, 3.8) is 0 Å². The van der Waals surface area contributed by atoms with Gasteiger partial charge in [0.25, 0.3) is 0 Å². The molecular weight excluding hydrogens is 254 g/mol. The lowest BCUT2D eigenvalue weighted by Gasteiger charge is -2.38. The topological polar surface area (TPSA) is 75.4 Å². The number of hydrogen-bond acceptors (Lipinski definition) is 3. The maximum atomic E-state index is 12.6. The van der Waals surface area contributed by atoms with Gasteiger partial charge in [-0.3, -0.25) is 9.59 Å². The second-order valence-electron chi connectivity index (χ2n) is 6.37. The first-order chi connectivity index (χ1) is 9.52. The summed E-state index contributed by atoms with van der Waals surface area (Å²) in [6.45, 7) is 3.57. The first-order valence-electron chi connectivity index (χ1n) is 7.79. The summed E-state index contributed by atoms with van der Waals surface area (Å²) in [7, 11) is 1.67. The highest BCUT2D eigenvalue weighted by atomic mass is 16.2. The second-order valence-corrected chi connectivity index (χ2v) is 6.37. The first-order valence-corrected chi connectivity index (χ1v) is 7.79. The molecular formula is C15H27N3O2. The maximum absolute atomic E-state index is 12.6. The summed E-state index contributed by atoms with van der Waals surface area (Å²) in [6, 6.07) is 0.257. The Bertz CT molecular complexity index is 364. The largest absolute Gasteiger partial charge is 0.359 e. The average Bonchev–Trinajstić information content (AvgIpc) is 2.46. The van der Waals surface area contributed by atoms with Crippen LogP contribution in [0.25, 0.3) is 0 Å². The standard InChI is InChI=1S/C15H27N3O2/c1-10-9-12(16)3-4-13(10)15(20)18-7-5-11(6-8-18)14(19)17-2/h10-13H,3-9,16H2,1-2H3,(H,17,19). The van der Waals surface area contributed by atoms with Crippen molar-refractivity contribution in [2.75, 3.05) is 20.1 Å². The van der Waals surface area contributed by atoms with E-state index in [2.05, 4.69) is 12.2 Å². The zero-order valence-electron chi connectivity index (χ0n) is 12.6. The molecule has 1 aliphatic carbocycles. The molecule has 0 aromatic heterocycles. The van der Waals surface area contributed by atoms with Gasteiger partial charge in [-0.25, -0.2) is 0 Å². The van der Waals surface area contributed by atoms with Crippen LogP contribution in [0.5, 0.6) is 0 Å². The molecule has 1 saturated heterocycles. The Morgan fingerprint density at radius 3 is 2.35 bits per heavy atom. The van der Waals surface area contributed by atoms with Crippen molar-refractivity contribution >= 4 is 11.8 Å². The number of rotatable bonds is 2. The van der Waals surface area contributed by atoms with E-state index in [4.69, 9.17) is 5.73 Å². The summed E-state index contributed by atoms with van der Waals surface area (Å²) in [4.78, 5) is 26.2. The minimum absolute atomic E-state index is 0.0706. The zero-order chi connectivity index (χ0) is 14.7. The molecule has 20 heavy (non-hydrogen) atoms. The van der Waals surface area contributed by atoms with E-state index >= 15 is 0 Å². The van der Waals surface area contributed by atoms with Gasteiger partial charge in [0.2, 0.25) is 11.8 Å². The van der Waals surface area contributed by atoms with Crippen molar-refractivity contribution < 1.29 is 9.59 Å². The molecule has 0 aromatic rings. The van der Waals surface area contributed by atoms with E-state index in [-0.39, 0.29) is 29.7 Å². The average molecular weight is 281 g/mol. The highest BCUT2D eigenvalue weighted by Crippen LogP contribution is 2.31. The van der Waals surface area contributed by atoms with E-state index in [1.807, 2.05) is 4.90 Å². The Hall–Kier alpha value is -1.10. The lowest BCUT2D eigenvalue weighted by Crippen LogP contribution is -2.47. The summed E-state index contributed by atoms with van der Waals surface area (Å²) < 4.78 is 0. The molecule has 2 aliphatic rings. The van der Waals surface area contributed by atoms with Gasteiger partial charge in [0, 0.05) is 38.0 Å². The number of nitrogens with zero attached hydrogens (tertiary/aromatic N) is 1. The van der Waals surface area contributed by atoms with Crippen LogP contribution in [-0.4, -0.2) is 42.9 Å². The van der Waals surface area contributed by atoms with Crippen molar-refractivity contribution in [1.82, 2.24) is 10.2 Å². The molecule has 2 amide bonds. The molecule has 0 spiro atoms. The number of hydrogen-bond donors (Lipinski definition) is 2. The van der Waals surface area contributed by atoms with Gasteiger partial charge >= 0.3 is 0 Å². The molecule has 0 aromatic carbocycles. The van der Waals surface area contributed by atoms with Gasteiger partial charge < -0.3 is 16.0 Å². The number of amides is 2. The molecule has 1 heterocycles. The fourth-order valence-corrected chi connectivity index (χ4v) is 3.61. The number of piperidine rings is 1. The zero-order valence-corrected chi connectivity index (χ0v) is 12.6. The second kappa shape index (κ2) is 6.57. The fraction of sp³-hybridized carbons (Fsp3) is 0.867. The molecule has 1 aliphatic heterocycles. The third-order valence-corrected chi connectivity index (χ3v) is 4.95. The van der Waals surface area contributed by atoms with Crippen LogP contribution in [-0.2, 0) is 9.59 Å². The molecule has 3 unspecified atom stereocenters. The molecule has 3 atom stereocenters. The number of likely N-dealkylation sites (tertiary alicyclic amines) is 1. The Kier molecular flexibility index (Phi) is 5.02. The van der Waals surface area contributed by atoms with Gasteiger partial charge in [-0.05, 0) is 38.0 Å². The minimum Gasteiger partial charge on any atom is -0.359 e. The summed E-state index contributed by atoms with van der Waals surface area (Å²) in [6.07, 6.45) is 4.38. The molecule has 114 valence electrons. The first kappa shape index (κ1) is 15.3. The van der Waals surface area contributed by atoms with Crippen LogP contribution < -0.4 is 11.1 Å². The van der Waals surface area contributed by atoms with Gasteiger partial charge in [-0.2, -0.15) is 0 Å². The van der Waals surface area contributed by atoms with Crippen LogP contribution in [0, 0.1) is 17.8 Å². The molecule has 5 heteroatoms. The summed E-state index contributed by atoms with van der Waals surface area (Å²) in [5.74, 6) is 0.962. The van der Waals surface area contributed by atoms with Crippen LogP contribution in [0.1, 0.15) is 39.0 Å². The third kappa shape index (κ3) is 3.32. The van der Waals surface area contributed by atoms with Crippen LogP contribution in [0.2, 0.25) is 0 Å². The molecule has 5 nitrogen and oxygen atoms in total. The van der Waals surface area contributed by atoms with E-state index in [1.54, 1.807) is 7.05 Å². The Balaban J connectivity index is 1.87. The summed E-state index contributed by atoms with van der Waals surface area (Å²) in [5.41, 5.74) is 5.96. The number of nitrogens with one attached hydrogen (secondary N) is 1. The summed E-state index contributed by atoms with van der Waals surface area (Å²) >= 11 is 0. The van der Waals surface area contributed by atoms with Crippen LogP contribution in [0.4, 0.5) is 0 Å². The maximum Gasteiger partial charge on any atom is 0.225 e. The van der Waals surface area contributed by atoms with Gasteiger partial charge in [0.05, 0.1) is 0 Å². The predicted octanol–water partition coefficient (Wildman–Crippen LogP) is 0.735. The Morgan fingerprint density at radius 2 is 1.80 bits per heavy atom. The SMILES string of the molecule is CNC(=O)C1CCN(C(=O)C2CCC(N)CC2C)CC1.